The number of para-hydroxylation sites is 1. The summed E-state index contributed by atoms with van der Waals surface area (Å²) in [6, 6.07) is 9.67. The van der Waals surface area contributed by atoms with Crippen molar-refractivity contribution in [2.24, 2.45) is 0 Å². The minimum absolute atomic E-state index is 0.520. The number of hydrogen-bond acceptors (Lipinski definition) is 5. The zero-order chi connectivity index (χ0) is 12.5. The third-order valence-corrected chi connectivity index (χ3v) is 3.80. The molecule has 0 aliphatic rings. The number of aromatic nitrogens is 2. The maximum atomic E-state index is 5.85. The second kappa shape index (κ2) is 4.27. The lowest BCUT2D eigenvalue weighted by molar-refractivity contribution is 0.416. The van der Waals surface area contributed by atoms with Crippen LogP contribution >= 0.6 is 11.3 Å². The molecule has 3 aromatic rings. The highest BCUT2D eigenvalue weighted by atomic mass is 32.1. The van der Waals surface area contributed by atoms with Gasteiger partial charge in [-0.15, -0.1) is 11.3 Å². The van der Waals surface area contributed by atoms with E-state index in [0.717, 1.165) is 26.5 Å². The summed E-state index contributed by atoms with van der Waals surface area (Å²) in [7, 11) is 1.65. The highest BCUT2D eigenvalue weighted by Gasteiger charge is 2.12. The lowest BCUT2D eigenvalue weighted by Gasteiger charge is -2.04. The standard InChI is InChI=1S/C13H11N3OS/c1-17-10-5-3-2-4-8(10)13-16-9-6-7-15-12(14)11(9)18-13/h2-7H,1H3,(H2,14,15). The fraction of sp³-hybridized carbons (Fsp3) is 0.0769. The molecule has 0 aliphatic carbocycles. The van der Waals surface area contributed by atoms with Crippen LogP contribution in [0.1, 0.15) is 0 Å². The van der Waals surface area contributed by atoms with Crippen LogP contribution in [-0.4, -0.2) is 17.1 Å². The number of nitrogens with zero attached hydrogens (tertiary/aromatic N) is 2. The minimum atomic E-state index is 0.520. The maximum Gasteiger partial charge on any atom is 0.143 e. The van der Waals surface area contributed by atoms with E-state index in [4.69, 9.17) is 10.5 Å². The molecular weight excluding hydrogens is 246 g/mol. The molecule has 90 valence electrons. The molecule has 5 heteroatoms. The Labute approximate surface area is 108 Å². The average molecular weight is 257 g/mol. The molecule has 0 unspecified atom stereocenters. The summed E-state index contributed by atoms with van der Waals surface area (Å²) in [5.41, 5.74) is 7.69. The van der Waals surface area contributed by atoms with Crippen molar-refractivity contribution in [3.05, 3.63) is 36.5 Å². The van der Waals surface area contributed by atoms with Crippen molar-refractivity contribution in [3.8, 4) is 16.3 Å². The van der Waals surface area contributed by atoms with E-state index in [9.17, 15) is 0 Å². The predicted molar refractivity (Wildman–Crippen MR) is 73.8 cm³/mol. The number of nitrogen functional groups attached to an aromatic ring is 1. The molecule has 0 fully saturated rings. The molecule has 0 saturated carbocycles. The molecule has 1 aromatic carbocycles. The van der Waals surface area contributed by atoms with E-state index >= 15 is 0 Å². The molecule has 0 saturated heterocycles. The van der Waals surface area contributed by atoms with Crippen LogP contribution in [0.3, 0.4) is 0 Å². The third-order valence-electron chi connectivity index (χ3n) is 2.67. The van der Waals surface area contributed by atoms with E-state index in [1.54, 1.807) is 13.3 Å². The maximum absolute atomic E-state index is 5.85. The Morgan fingerprint density at radius 1 is 1.22 bits per heavy atom. The normalized spacial score (nSPS) is 10.7. The van der Waals surface area contributed by atoms with Crippen LogP contribution < -0.4 is 10.5 Å². The Hall–Kier alpha value is -2.14. The van der Waals surface area contributed by atoms with Crippen LogP contribution in [0.2, 0.25) is 0 Å². The Morgan fingerprint density at radius 2 is 2.06 bits per heavy atom. The Morgan fingerprint density at radius 3 is 2.83 bits per heavy atom. The van der Waals surface area contributed by atoms with Gasteiger partial charge in [0.2, 0.25) is 0 Å². The van der Waals surface area contributed by atoms with Gasteiger partial charge in [0.15, 0.2) is 0 Å². The summed E-state index contributed by atoms with van der Waals surface area (Å²) < 4.78 is 6.26. The molecule has 0 radical (unpaired) electrons. The molecule has 2 heterocycles. The molecule has 3 rings (SSSR count). The van der Waals surface area contributed by atoms with Crippen molar-refractivity contribution >= 4 is 27.4 Å². The van der Waals surface area contributed by atoms with E-state index < -0.39 is 0 Å². The van der Waals surface area contributed by atoms with Gasteiger partial charge in [0, 0.05) is 6.20 Å². The second-order valence-corrected chi connectivity index (χ2v) is 4.76. The van der Waals surface area contributed by atoms with Crippen molar-refractivity contribution in [2.45, 2.75) is 0 Å². The van der Waals surface area contributed by atoms with Gasteiger partial charge in [-0.3, -0.25) is 0 Å². The number of fused-ring (bicyclic) bond motifs is 1. The summed E-state index contributed by atoms with van der Waals surface area (Å²) >= 11 is 1.53. The Balaban J connectivity index is 2.23. The van der Waals surface area contributed by atoms with Gasteiger partial charge in [0.25, 0.3) is 0 Å². The van der Waals surface area contributed by atoms with E-state index in [0.29, 0.717) is 5.82 Å². The molecule has 0 bridgehead atoms. The number of anilines is 1. The Kier molecular flexibility index (Phi) is 2.60. The van der Waals surface area contributed by atoms with Gasteiger partial charge < -0.3 is 10.5 Å². The lowest BCUT2D eigenvalue weighted by Crippen LogP contribution is -1.87. The van der Waals surface area contributed by atoms with Gasteiger partial charge in [-0.2, -0.15) is 0 Å². The summed E-state index contributed by atoms with van der Waals surface area (Å²) in [5.74, 6) is 1.33. The summed E-state index contributed by atoms with van der Waals surface area (Å²) in [4.78, 5) is 8.64. The van der Waals surface area contributed by atoms with Crippen molar-refractivity contribution in [2.75, 3.05) is 12.8 Å². The number of hydrogen-bond donors (Lipinski definition) is 1. The fourth-order valence-electron chi connectivity index (χ4n) is 1.81. The quantitative estimate of drug-likeness (QED) is 0.766. The SMILES string of the molecule is COc1ccccc1-c1nc2ccnc(N)c2s1. The lowest BCUT2D eigenvalue weighted by atomic mass is 10.2. The van der Waals surface area contributed by atoms with Gasteiger partial charge in [0.1, 0.15) is 16.6 Å². The smallest absolute Gasteiger partial charge is 0.143 e. The van der Waals surface area contributed by atoms with Gasteiger partial charge >= 0.3 is 0 Å². The molecule has 0 atom stereocenters. The van der Waals surface area contributed by atoms with Crippen molar-refractivity contribution < 1.29 is 4.74 Å². The molecule has 2 N–H and O–H groups in total. The second-order valence-electron chi connectivity index (χ2n) is 3.76. The number of benzene rings is 1. The number of methoxy groups -OCH3 is 1. The largest absolute Gasteiger partial charge is 0.496 e. The molecule has 2 aromatic heterocycles. The monoisotopic (exact) mass is 257 g/mol. The predicted octanol–water partition coefficient (Wildman–Crippen LogP) is 2.95. The molecule has 0 spiro atoms. The van der Waals surface area contributed by atoms with E-state index in [1.807, 2.05) is 30.3 Å². The van der Waals surface area contributed by atoms with Crippen LogP contribution in [0.5, 0.6) is 5.75 Å². The van der Waals surface area contributed by atoms with Gasteiger partial charge in [-0.05, 0) is 18.2 Å². The zero-order valence-corrected chi connectivity index (χ0v) is 10.6. The summed E-state index contributed by atoms with van der Waals surface area (Å²) in [6.07, 6.45) is 1.67. The number of thiazole rings is 1. The van der Waals surface area contributed by atoms with Crippen LogP contribution in [0.4, 0.5) is 5.82 Å². The van der Waals surface area contributed by atoms with Crippen molar-refractivity contribution in [1.82, 2.24) is 9.97 Å². The van der Waals surface area contributed by atoms with Gasteiger partial charge in [0.05, 0.1) is 22.9 Å². The van der Waals surface area contributed by atoms with E-state index in [1.165, 1.54) is 11.3 Å². The van der Waals surface area contributed by atoms with Gasteiger partial charge in [-0.1, -0.05) is 12.1 Å². The van der Waals surface area contributed by atoms with E-state index in [2.05, 4.69) is 9.97 Å². The molecule has 18 heavy (non-hydrogen) atoms. The molecular formula is C13H11N3OS. The van der Waals surface area contributed by atoms with Gasteiger partial charge in [-0.25, -0.2) is 9.97 Å². The van der Waals surface area contributed by atoms with Crippen molar-refractivity contribution in [3.63, 3.8) is 0 Å². The number of ether oxygens (including phenoxy) is 1. The van der Waals surface area contributed by atoms with Crippen LogP contribution in [0.15, 0.2) is 36.5 Å². The average Bonchev–Trinajstić information content (AvgIpc) is 2.84. The zero-order valence-electron chi connectivity index (χ0n) is 9.75. The molecule has 0 aliphatic heterocycles. The molecule has 4 nitrogen and oxygen atoms in total. The van der Waals surface area contributed by atoms with Crippen LogP contribution in [0.25, 0.3) is 20.8 Å². The topological polar surface area (TPSA) is 61.0 Å². The number of nitrogens with two attached hydrogens (primary N) is 1. The fourth-order valence-corrected chi connectivity index (χ4v) is 2.80. The van der Waals surface area contributed by atoms with Crippen LogP contribution in [0, 0.1) is 0 Å². The minimum Gasteiger partial charge on any atom is -0.496 e. The number of pyridine rings is 1. The highest BCUT2D eigenvalue weighted by Crippen LogP contribution is 2.36. The first-order chi connectivity index (χ1) is 8.79. The Bertz CT molecular complexity index is 708. The van der Waals surface area contributed by atoms with Crippen LogP contribution in [-0.2, 0) is 0 Å². The van der Waals surface area contributed by atoms with Crippen molar-refractivity contribution in [1.29, 1.82) is 0 Å². The molecule has 0 amide bonds. The highest BCUT2D eigenvalue weighted by molar-refractivity contribution is 7.22. The first-order valence-electron chi connectivity index (χ1n) is 5.44. The summed E-state index contributed by atoms with van der Waals surface area (Å²) in [6.45, 7) is 0. The summed E-state index contributed by atoms with van der Waals surface area (Å²) in [5, 5.41) is 0.891. The first-order valence-corrected chi connectivity index (χ1v) is 6.25. The third kappa shape index (κ3) is 1.69. The van der Waals surface area contributed by atoms with E-state index in [-0.39, 0.29) is 0 Å². The number of rotatable bonds is 2. The first kappa shape index (κ1) is 11.0.